The van der Waals surface area contributed by atoms with Crippen LogP contribution in [0.5, 0.6) is 5.75 Å². The fraction of sp³-hybridized carbons (Fsp3) is 0.143. The lowest BCUT2D eigenvalue weighted by atomic mass is 10.1. The average Bonchev–Trinajstić information content (AvgIpc) is 2.44. The first kappa shape index (κ1) is 14.4. The molecule has 21 heavy (non-hydrogen) atoms. The van der Waals surface area contributed by atoms with Crippen molar-refractivity contribution in [2.75, 3.05) is 6.61 Å². The summed E-state index contributed by atoms with van der Waals surface area (Å²) in [6.45, 7) is 1.25. The largest absolute Gasteiger partial charge is 0.485 e. The molecule has 1 heterocycles. The molecule has 0 spiro atoms. The van der Waals surface area contributed by atoms with Crippen molar-refractivity contribution in [1.82, 2.24) is 0 Å². The Bertz CT molecular complexity index is 749. The number of hydrogen-bond donors (Lipinski definition) is 0. The average molecular weight is 289 g/mol. The van der Waals surface area contributed by atoms with E-state index in [-0.39, 0.29) is 23.6 Å². The molecular formula is C14H11NO6. The van der Waals surface area contributed by atoms with Crippen LogP contribution in [-0.4, -0.2) is 17.3 Å². The van der Waals surface area contributed by atoms with Gasteiger partial charge in [0.05, 0.1) is 11.0 Å². The van der Waals surface area contributed by atoms with Crippen molar-refractivity contribution >= 4 is 11.5 Å². The molecule has 0 aliphatic carbocycles. The molecule has 0 aliphatic heterocycles. The van der Waals surface area contributed by atoms with Crippen molar-refractivity contribution in [1.29, 1.82) is 0 Å². The first-order valence-electron chi connectivity index (χ1n) is 5.98. The van der Waals surface area contributed by atoms with Crippen molar-refractivity contribution in [2.45, 2.75) is 6.92 Å². The van der Waals surface area contributed by atoms with Gasteiger partial charge in [-0.2, -0.15) is 0 Å². The minimum Gasteiger partial charge on any atom is -0.485 e. The number of hydrogen-bond acceptors (Lipinski definition) is 6. The molecule has 1 aromatic carbocycles. The number of nitro groups is 1. The number of benzene rings is 1. The van der Waals surface area contributed by atoms with Crippen molar-refractivity contribution in [3.63, 3.8) is 0 Å². The zero-order valence-electron chi connectivity index (χ0n) is 11.1. The Morgan fingerprint density at radius 3 is 2.76 bits per heavy atom. The van der Waals surface area contributed by atoms with Gasteiger partial charge in [0.15, 0.2) is 12.4 Å². The Morgan fingerprint density at radius 2 is 2.10 bits per heavy atom. The maximum Gasteiger partial charge on any atom is 0.339 e. The first-order chi connectivity index (χ1) is 9.95. The molecule has 0 unspecified atom stereocenters. The highest BCUT2D eigenvalue weighted by atomic mass is 16.6. The van der Waals surface area contributed by atoms with E-state index >= 15 is 0 Å². The summed E-state index contributed by atoms with van der Waals surface area (Å²) in [6.07, 6.45) is 0. The number of nitrogens with zero attached hydrogens (tertiary/aromatic N) is 1. The van der Waals surface area contributed by atoms with Gasteiger partial charge in [0, 0.05) is 23.8 Å². The van der Waals surface area contributed by atoms with Crippen molar-refractivity contribution in [3.8, 4) is 5.75 Å². The predicted molar refractivity (Wildman–Crippen MR) is 72.6 cm³/mol. The number of carbonyl (C=O) groups excluding carboxylic acids is 1. The maximum absolute atomic E-state index is 11.9. The molecule has 108 valence electrons. The zero-order valence-corrected chi connectivity index (χ0v) is 11.1. The number of carbonyl (C=O) groups is 1. The number of ketones is 1. The van der Waals surface area contributed by atoms with Crippen LogP contribution in [-0.2, 0) is 0 Å². The van der Waals surface area contributed by atoms with Crippen LogP contribution in [0.15, 0.2) is 45.6 Å². The van der Waals surface area contributed by atoms with E-state index in [2.05, 4.69) is 0 Å². The predicted octanol–water partition coefficient (Wildman–Crippen LogP) is 2.12. The Hall–Kier alpha value is -2.96. The molecular weight excluding hydrogens is 278 g/mol. The Kier molecular flexibility index (Phi) is 4.13. The van der Waals surface area contributed by atoms with Gasteiger partial charge in [0.1, 0.15) is 11.5 Å². The highest BCUT2D eigenvalue weighted by molar-refractivity contribution is 5.97. The summed E-state index contributed by atoms with van der Waals surface area (Å²) in [5.74, 6) is 0.146. The van der Waals surface area contributed by atoms with E-state index in [4.69, 9.17) is 9.15 Å². The maximum atomic E-state index is 11.9. The van der Waals surface area contributed by atoms with E-state index in [1.807, 2.05) is 0 Å². The van der Waals surface area contributed by atoms with Gasteiger partial charge < -0.3 is 9.15 Å². The van der Waals surface area contributed by atoms with Gasteiger partial charge in [0.2, 0.25) is 0 Å². The van der Waals surface area contributed by atoms with Gasteiger partial charge in [-0.05, 0) is 6.92 Å². The Morgan fingerprint density at radius 1 is 1.33 bits per heavy atom. The standard InChI is InChI=1S/C14H11NO6/c1-9-5-12(7-14(17)21-9)20-8-13(16)10-3-2-4-11(6-10)15(18)19/h2-7H,8H2,1H3. The molecule has 7 heteroatoms. The summed E-state index contributed by atoms with van der Waals surface area (Å²) in [7, 11) is 0. The van der Waals surface area contributed by atoms with Crippen LogP contribution in [0.25, 0.3) is 0 Å². The third-order valence-electron chi connectivity index (χ3n) is 2.62. The number of nitro benzene ring substituents is 1. The molecule has 2 aromatic rings. The van der Waals surface area contributed by atoms with Crippen molar-refractivity contribution < 1.29 is 18.9 Å². The zero-order chi connectivity index (χ0) is 15.4. The highest BCUT2D eigenvalue weighted by Gasteiger charge is 2.12. The molecule has 0 radical (unpaired) electrons. The van der Waals surface area contributed by atoms with Gasteiger partial charge in [-0.3, -0.25) is 14.9 Å². The third-order valence-corrected chi connectivity index (χ3v) is 2.62. The number of ether oxygens (including phenoxy) is 1. The summed E-state index contributed by atoms with van der Waals surface area (Å²) in [5, 5.41) is 10.6. The van der Waals surface area contributed by atoms with Gasteiger partial charge in [-0.1, -0.05) is 12.1 Å². The number of rotatable bonds is 5. The monoisotopic (exact) mass is 289 g/mol. The third kappa shape index (κ3) is 3.75. The number of aryl methyl sites for hydroxylation is 1. The van der Waals surface area contributed by atoms with Crippen LogP contribution in [0.2, 0.25) is 0 Å². The van der Waals surface area contributed by atoms with Gasteiger partial charge in [0.25, 0.3) is 5.69 Å². The lowest BCUT2D eigenvalue weighted by Crippen LogP contribution is -2.13. The van der Waals surface area contributed by atoms with E-state index in [1.54, 1.807) is 6.92 Å². The quantitative estimate of drug-likeness (QED) is 0.475. The highest BCUT2D eigenvalue weighted by Crippen LogP contribution is 2.15. The van der Waals surface area contributed by atoms with Crippen LogP contribution >= 0.6 is 0 Å². The topological polar surface area (TPSA) is 99.6 Å². The summed E-state index contributed by atoms with van der Waals surface area (Å²) < 4.78 is 9.96. The fourth-order valence-corrected chi connectivity index (χ4v) is 1.68. The molecule has 0 saturated heterocycles. The second-order valence-corrected chi connectivity index (χ2v) is 4.24. The van der Waals surface area contributed by atoms with Gasteiger partial charge >= 0.3 is 5.63 Å². The van der Waals surface area contributed by atoms with Crippen LogP contribution in [0.4, 0.5) is 5.69 Å². The number of Topliss-reactive ketones (excluding diaryl/α,β-unsaturated/α-hetero) is 1. The molecule has 0 atom stereocenters. The van der Waals surface area contributed by atoms with Crippen LogP contribution in [0.1, 0.15) is 16.1 Å². The van der Waals surface area contributed by atoms with E-state index in [0.29, 0.717) is 5.76 Å². The lowest BCUT2D eigenvalue weighted by Gasteiger charge is -2.05. The molecule has 0 aliphatic rings. The summed E-state index contributed by atoms with van der Waals surface area (Å²) in [5.41, 5.74) is -0.575. The molecule has 0 N–H and O–H groups in total. The second kappa shape index (κ2) is 6.00. The van der Waals surface area contributed by atoms with E-state index in [1.165, 1.54) is 30.3 Å². The normalized spacial score (nSPS) is 10.1. The number of non-ortho nitro benzene ring substituents is 1. The smallest absolute Gasteiger partial charge is 0.339 e. The van der Waals surface area contributed by atoms with E-state index < -0.39 is 16.3 Å². The van der Waals surface area contributed by atoms with Crippen molar-refractivity contribution in [2.24, 2.45) is 0 Å². The molecule has 2 rings (SSSR count). The van der Waals surface area contributed by atoms with Gasteiger partial charge in [-0.25, -0.2) is 4.79 Å². The van der Waals surface area contributed by atoms with Crippen LogP contribution in [0, 0.1) is 17.0 Å². The molecule has 0 saturated carbocycles. The van der Waals surface area contributed by atoms with Crippen LogP contribution in [0.3, 0.4) is 0 Å². The lowest BCUT2D eigenvalue weighted by molar-refractivity contribution is -0.384. The summed E-state index contributed by atoms with van der Waals surface area (Å²) >= 11 is 0. The minimum atomic E-state index is -0.580. The Balaban J connectivity index is 2.09. The van der Waals surface area contributed by atoms with E-state index in [0.717, 1.165) is 6.07 Å². The van der Waals surface area contributed by atoms with Crippen LogP contribution < -0.4 is 10.4 Å². The summed E-state index contributed by atoms with van der Waals surface area (Å²) in [6, 6.07) is 7.95. The molecule has 0 fully saturated rings. The van der Waals surface area contributed by atoms with E-state index in [9.17, 15) is 19.7 Å². The summed E-state index contributed by atoms with van der Waals surface area (Å²) in [4.78, 5) is 33.1. The molecule has 7 nitrogen and oxygen atoms in total. The van der Waals surface area contributed by atoms with Gasteiger partial charge in [-0.15, -0.1) is 0 Å². The molecule has 0 bridgehead atoms. The second-order valence-electron chi connectivity index (χ2n) is 4.24. The molecule has 1 aromatic heterocycles. The fourth-order valence-electron chi connectivity index (χ4n) is 1.68. The van der Waals surface area contributed by atoms with Crippen molar-refractivity contribution in [3.05, 3.63) is 68.3 Å². The first-order valence-corrected chi connectivity index (χ1v) is 5.98. The molecule has 0 amide bonds. The Labute approximate surface area is 118 Å². The SMILES string of the molecule is Cc1cc(OCC(=O)c2cccc([N+](=O)[O-])c2)cc(=O)o1. The minimum absolute atomic E-state index is 0.169.